The Morgan fingerprint density at radius 1 is 1.05 bits per heavy atom. The van der Waals surface area contributed by atoms with E-state index in [4.69, 9.17) is 5.73 Å². The zero-order valence-corrected chi connectivity index (χ0v) is 19.4. The molecule has 2 aromatic carbocycles. The number of amides is 2. The quantitative estimate of drug-likeness (QED) is 0.279. The van der Waals surface area contributed by atoms with Gasteiger partial charge in [-0.1, -0.05) is 12.1 Å². The van der Waals surface area contributed by atoms with E-state index in [0.29, 0.717) is 41.1 Å². The molecule has 2 aromatic heterocycles. The van der Waals surface area contributed by atoms with Crippen molar-refractivity contribution in [3.63, 3.8) is 0 Å². The van der Waals surface area contributed by atoms with E-state index in [1.54, 1.807) is 24.3 Å². The summed E-state index contributed by atoms with van der Waals surface area (Å²) in [4.78, 5) is 16.5. The van der Waals surface area contributed by atoms with Gasteiger partial charge in [0, 0.05) is 22.9 Å². The number of halogens is 4. The summed E-state index contributed by atoms with van der Waals surface area (Å²) >= 11 is 0. The van der Waals surface area contributed by atoms with Crippen LogP contribution < -0.4 is 21.7 Å². The SMILES string of the molecule is Nc1ncnn2c(C3CCNCC3)cc(-c3ccc(NC(=O)Nc4cc(C(F)(F)F)ccc4F)cc3)c12. The zero-order chi connectivity index (χ0) is 26.2. The van der Waals surface area contributed by atoms with Crippen LogP contribution in [-0.2, 0) is 6.18 Å². The fourth-order valence-corrected chi connectivity index (χ4v) is 4.54. The number of rotatable bonds is 4. The molecule has 37 heavy (non-hydrogen) atoms. The van der Waals surface area contributed by atoms with Crippen LogP contribution in [0.2, 0.25) is 0 Å². The van der Waals surface area contributed by atoms with Gasteiger partial charge in [-0.05, 0) is 67.9 Å². The molecular formula is C25H23F4N7O. The second-order valence-electron chi connectivity index (χ2n) is 8.76. The summed E-state index contributed by atoms with van der Waals surface area (Å²) in [5, 5.41) is 12.4. The predicted molar refractivity (Wildman–Crippen MR) is 132 cm³/mol. The topological polar surface area (TPSA) is 109 Å². The average Bonchev–Trinajstić information content (AvgIpc) is 3.27. The Balaban J connectivity index is 1.37. The average molecular weight is 513 g/mol. The van der Waals surface area contributed by atoms with E-state index in [1.807, 2.05) is 4.52 Å². The van der Waals surface area contributed by atoms with E-state index in [9.17, 15) is 22.4 Å². The molecule has 5 rings (SSSR count). The number of urea groups is 1. The number of nitrogens with two attached hydrogens (primary N) is 1. The maximum Gasteiger partial charge on any atom is 0.416 e. The molecule has 8 nitrogen and oxygen atoms in total. The van der Waals surface area contributed by atoms with Crippen molar-refractivity contribution in [3.05, 3.63) is 71.9 Å². The first kappa shape index (κ1) is 24.5. The summed E-state index contributed by atoms with van der Waals surface area (Å²) < 4.78 is 54.6. The standard InChI is InChI=1S/C25H23F4N7O/c26-19-6-3-16(25(27,28)29)11-20(19)35-24(37)34-17-4-1-14(2-5-17)18-12-21(15-7-9-31-10-8-15)36-22(18)23(30)32-13-33-36/h1-6,11-13,15,31H,7-10H2,(H2,30,32,33)(H2,34,35,37). The Hall–Kier alpha value is -4.19. The normalized spacial score (nSPS) is 14.6. The molecule has 0 spiro atoms. The van der Waals surface area contributed by atoms with Gasteiger partial charge in [0.15, 0.2) is 5.82 Å². The molecule has 0 aliphatic carbocycles. The van der Waals surface area contributed by atoms with Crippen molar-refractivity contribution in [3.8, 4) is 11.1 Å². The summed E-state index contributed by atoms with van der Waals surface area (Å²) in [5.41, 5.74) is 8.31. The van der Waals surface area contributed by atoms with Crippen LogP contribution in [0.5, 0.6) is 0 Å². The first-order valence-corrected chi connectivity index (χ1v) is 11.6. The number of fused-ring (bicyclic) bond motifs is 1. The third-order valence-electron chi connectivity index (χ3n) is 6.36. The maximum absolute atomic E-state index is 14.0. The van der Waals surface area contributed by atoms with E-state index < -0.39 is 29.3 Å². The van der Waals surface area contributed by atoms with Gasteiger partial charge < -0.3 is 21.7 Å². The first-order chi connectivity index (χ1) is 17.7. The zero-order valence-electron chi connectivity index (χ0n) is 19.4. The minimum Gasteiger partial charge on any atom is -0.382 e. The molecule has 4 aromatic rings. The van der Waals surface area contributed by atoms with Crippen LogP contribution in [0, 0.1) is 5.82 Å². The number of piperidine rings is 1. The fourth-order valence-electron chi connectivity index (χ4n) is 4.54. The molecule has 2 amide bonds. The van der Waals surface area contributed by atoms with Crippen LogP contribution in [0.1, 0.15) is 30.0 Å². The number of alkyl halides is 3. The van der Waals surface area contributed by atoms with Gasteiger partial charge in [0.2, 0.25) is 0 Å². The summed E-state index contributed by atoms with van der Waals surface area (Å²) in [6.45, 7) is 1.83. The van der Waals surface area contributed by atoms with Crippen molar-refractivity contribution < 1.29 is 22.4 Å². The Bertz CT molecular complexity index is 1440. The third-order valence-corrected chi connectivity index (χ3v) is 6.36. The lowest BCUT2D eigenvalue weighted by molar-refractivity contribution is -0.137. The molecule has 192 valence electrons. The molecule has 1 fully saturated rings. The van der Waals surface area contributed by atoms with Crippen molar-refractivity contribution in [2.24, 2.45) is 0 Å². The van der Waals surface area contributed by atoms with E-state index in [2.05, 4.69) is 32.1 Å². The smallest absolute Gasteiger partial charge is 0.382 e. The van der Waals surface area contributed by atoms with Crippen LogP contribution in [0.25, 0.3) is 16.6 Å². The Labute approximate surface area is 208 Å². The van der Waals surface area contributed by atoms with Crippen molar-refractivity contribution in [2.45, 2.75) is 24.9 Å². The van der Waals surface area contributed by atoms with Crippen LogP contribution in [-0.4, -0.2) is 33.7 Å². The summed E-state index contributed by atoms with van der Waals surface area (Å²) in [5.74, 6) is -0.323. The minimum atomic E-state index is -4.66. The molecule has 1 aliphatic rings. The second kappa shape index (κ2) is 9.69. The number of aromatic nitrogens is 3. The Morgan fingerprint density at radius 2 is 1.78 bits per heavy atom. The van der Waals surface area contributed by atoms with Crippen molar-refractivity contribution in [2.75, 3.05) is 29.5 Å². The first-order valence-electron chi connectivity index (χ1n) is 11.6. The van der Waals surface area contributed by atoms with E-state index in [0.717, 1.165) is 42.8 Å². The highest BCUT2D eigenvalue weighted by molar-refractivity contribution is 6.00. The number of anilines is 3. The second-order valence-corrected chi connectivity index (χ2v) is 8.76. The van der Waals surface area contributed by atoms with E-state index in [1.165, 1.54) is 6.33 Å². The highest BCUT2D eigenvalue weighted by atomic mass is 19.4. The van der Waals surface area contributed by atoms with Crippen LogP contribution in [0.4, 0.5) is 39.5 Å². The van der Waals surface area contributed by atoms with Crippen molar-refractivity contribution in [1.29, 1.82) is 0 Å². The van der Waals surface area contributed by atoms with Gasteiger partial charge in [0.25, 0.3) is 0 Å². The van der Waals surface area contributed by atoms with Gasteiger partial charge in [0.1, 0.15) is 17.7 Å². The van der Waals surface area contributed by atoms with Gasteiger partial charge in [-0.15, -0.1) is 0 Å². The lowest BCUT2D eigenvalue weighted by Crippen LogP contribution is -2.27. The summed E-state index contributed by atoms with van der Waals surface area (Å²) in [6.07, 6.45) is -1.29. The summed E-state index contributed by atoms with van der Waals surface area (Å²) in [6, 6.07) is 9.79. The minimum absolute atomic E-state index is 0.317. The van der Waals surface area contributed by atoms with E-state index >= 15 is 0 Å². The van der Waals surface area contributed by atoms with Gasteiger partial charge in [-0.25, -0.2) is 18.7 Å². The molecule has 0 bridgehead atoms. The highest BCUT2D eigenvalue weighted by Gasteiger charge is 2.31. The fraction of sp³-hybridized carbons (Fsp3) is 0.240. The molecule has 0 atom stereocenters. The van der Waals surface area contributed by atoms with Crippen LogP contribution in [0.15, 0.2) is 54.9 Å². The Morgan fingerprint density at radius 3 is 2.49 bits per heavy atom. The molecule has 12 heteroatoms. The monoisotopic (exact) mass is 513 g/mol. The maximum atomic E-state index is 14.0. The van der Waals surface area contributed by atoms with Crippen molar-refractivity contribution >= 4 is 28.7 Å². The van der Waals surface area contributed by atoms with Crippen molar-refractivity contribution in [1.82, 2.24) is 19.9 Å². The molecule has 0 unspecified atom stereocenters. The molecule has 5 N–H and O–H groups in total. The van der Waals surface area contributed by atoms with Gasteiger partial charge in [-0.3, -0.25) is 0 Å². The number of carbonyl (C=O) groups is 1. The number of nitrogens with one attached hydrogen (secondary N) is 3. The Kier molecular flexibility index (Phi) is 6.42. The van der Waals surface area contributed by atoms with Gasteiger partial charge in [0.05, 0.1) is 11.3 Å². The predicted octanol–water partition coefficient (Wildman–Crippen LogP) is 5.25. The number of carbonyl (C=O) groups excluding carboxylic acids is 1. The number of hydrogen-bond donors (Lipinski definition) is 4. The largest absolute Gasteiger partial charge is 0.416 e. The lowest BCUT2D eigenvalue weighted by atomic mass is 9.94. The molecule has 3 heterocycles. The molecule has 0 radical (unpaired) electrons. The van der Waals surface area contributed by atoms with E-state index in [-0.39, 0.29) is 0 Å². The van der Waals surface area contributed by atoms with Crippen LogP contribution >= 0.6 is 0 Å². The molecule has 1 saturated heterocycles. The molecular weight excluding hydrogens is 490 g/mol. The van der Waals surface area contributed by atoms with Crippen LogP contribution in [0.3, 0.4) is 0 Å². The lowest BCUT2D eigenvalue weighted by Gasteiger charge is -2.22. The molecule has 1 aliphatic heterocycles. The number of hydrogen-bond acceptors (Lipinski definition) is 5. The molecule has 0 saturated carbocycles. The summed E-state index contributed by atoms with van der Waals surface area (Å²) in [7, 11) is 0. The third kappa shape index (κ3) is 5.05. The highest BCUT2D eigenvalue weighted by Crippen LogP contribution is 2.36. The van der Waals surface area contributed by atoms with Gasteiger partial charge in [-0.2, -0.15) is 18.3 Å². The van der Waals surface area contributed by atoms with Gasteiger partial charge >= 0.3 is 12.2 Å². The number of nitrogen functional groups attached to an aromatic ring is 1. The number of benzene rings is 2. The number of nitrogens with zero attached hydrogens (tertiary/aromatic N) is 3.